The average molecular weight is 313 g/mol. The van der Waals surface area contributed by atoms with Crippen LogP contribution < -0.4 is 5.32 Å². The summed E-state index contributed by atoms with van der Waals surface area (Å²) < 4.78 is 0. The van der Waals surface area contributed by atoms with Crippen LogP contribution in [0.5, 0.6) is 0 Å². The van der Waals surface area contributed by atoms with Gasteiger partial charge in [-0.15, -0.1) is 0 Å². The molecular formula is C16H19N5O2. The number of benzene rings is 1. The van der Waals surface area contributed by atoms with Gasteiger partial charge < -0.3 is 10.2 Å². The molecule has 0 atom stereocenters. The molecule has 2 heterocycles. The van der Waals surface area contributed by atoms with Crippen LogP contribution in [0, 0.1) is 0 Å². The lowest BCUT2D eigenvalue weighted by Gasteiger charge is -2.31. The molecule has 1 aromatic carbocycles. The number of rotatable bonds is 3. The minimum atomic E-state index is -0.127. The van der Waals surface area contributed by atoms with Gasteiger partial charge in [0.05, 0.1) is 18.4 Å². The quantitative estimate of drug-likeness (QED) is 0.935. The summed E-state index contributed by atoms with van der Waals surface area (Å²) in [5.74, 6) is -0.107. The summed E-state index contributed by atoms with van der Waals surface area (Å²) >= 11 is 0. The van der Waals surface area contributed by atoms with Crippen LogP contribution in [0.25, 0.3) is 0 Å². The van der Waals surface area contributed by atoms with Crippen LogP contribution in [-0.4, -0.2) is 44.8 Å². The number of likely N-dealkylation sites (tertiary alicyclic amines) is 1. The van der Waals surface area contributed by atoms with Crippen LogP contribution in [0.15, 0.2) is 36.7 Å². The molecule has 23 heavy (non-hydrogen) atoms. The van der Waals surface area contributed by atoms with Crippen molar-refractivity contribution in [3.05, 3.63) is 42.2 Å². The van der Waals surface area contributed by atoms with Crippen LogP contribution in [0.4, 0.5) is 5.69 Å². The first kappa shape index (κ1) is 15.2. The van der Waals surface area contributed by atoms with E-state index in [1.165, 1.54) is 6.92 Å². The van der Waals surface area contributed by atoms with Crippen LogP contribution in [-0.2, 0) is 4.79 Å². The van der Waals surface area contributed by atoms with Crippen molar-refractivity contribution in [3.8, 4) is 0 Å². The highest BCUT2D eigenvalue weighted by molar-refractivity contribution is 5.95. The molecule has 3 rings (SSSR count). The number of hydrogen-bond donors (Lipinski definition) is 1. The average Bonchev–Trinajstić information content (AvgIpc) is 3.09. The molecule has 1 fully saturated rings. The highest BCUT2D eigenvalue weighted by Crippen LogP contribution is 2.22. The van der Waals surface area contributed by atoms with E-state index in [9.17, 15) is 9.59 Å². The maximum absolute atomic E-state index is 12.5. The van der Waals surface area contributed by atoms with E-state index in [0.29, 0.717) is 24.3 Å². The summed E-state index contributed by atoms with van der Waals surface area (Å²) in [5, 5.41) is 11.0. The molecule has 0 saturated carbocycles. The van der Waals surface area contributed by atoms with E-state index in [0.717, 1.165) is 12.8 Å². The molecule has 0 radical (unpaired) electrons. The largest absolute Gasteiger partial charge is 0.338 e. The number of aromatic nitrogens is 3. The first-order valence-corrected chi connectivity index (χ1v) is 7.66. The normalized spacial score (nSPS) is 15.4. The fourth-order valence-corrected chi connectivity index (χ4v) is 2.80. The van der Waals surface area contributed by atoms with Crippen molar-refractivity contribution in [1.82, 2.24) is 19.9 Å². The van der Waals surface area contributed by atoms with E-state index in [-0.39, 0.29) is 17.9 Å². The molecule has 0 unspecified atom stereocenters. The van der Waals surface area contributed by atoms with Crippen LogP contribution >= 0.6 is 0 Å². The van der Waals surface area contributed by atoms with Crippen molar-refractivity contribution in [2.45, 2.75) is 25.8 Å². The second kappa shape index (κ2) is 6.60. The van der Waals surface area contributed by atoms with Crippen LogP contribution in [0.2, 0.25) is 0 Å². The molecule has 1 N–H and O–H groups in total. The zero-order chi connectivity index (χ0) is 16.2. The summed E-state index contributed by atoms with van der Waals surface area (Å²) in [6.45, 7) is 2.84. The Morgan fingerprint density at radius 1 is 1.09 bits per heavy atom. The Morgan fingerprint density at radius 3 is 2.26 bits per heavy atom. The number of nitrogens with zero attached hydrogens (tertiary/aromatic N) is 4. The van der Waals surface area contributed by atoms with E-state index in [1.54, 1.807) is 41.5 Å². The van der Waals surface area contributed by atoms with Gasteiger partial charge in [0.25, 0.3) is 5.91 Å². The van der Waals surface area contributed by atoms with E-state index in [4.69, 9.17) is 0 Å². The molecular weight excluding hydrogens is 294 g/mol. The van der Waals surface area contributed by atoms with E-state index < -0.39 is 0 Å². The van der Waals surface area contributed by atoms with Gasteiger partial charge in [-0.1, -0.05) is 0 Å². The van der Waals surface area contributed by atoms with Crippen molar-refractivity contribution >= 4 is 17.5 Å². The zero-order valence-electron chi connectivity index (χ0n) is 13.0. The van der Waals surface area contributed by atoms with Gasteiger partial charge in [-0.25, -0.2) is 0 Å². The standard InChI is InChI=1S/C16H19N5O2/c1-12(22)19-14-4-2-13(3-5-14)16(23)20-10-6-15(7-11-20)21-17-8-9-18-21/h2-5,8-9,15H,6-7,10-11H2,1H3,(H,19,22). The number of piperidine rings is 1. The fraction of sp³-hybridized carbons (Fsp3) is 0.375. The summed E-state index contributed by atoms with van der Waals surface area (Å²) in [6.07, 6.45) is 5.05. The predicted molar refractivity (Wildman–Crippen MR) is 84.9 cm³/mol. The number of nitrogens with one attached hydrogen (secondary N) is 1. The third-order valence-electron chi connectivity index (χ3n) is 3.97. The first-order chi connectivity index (χ1) is 11.1. The SMILES string of the molecule is CC(=O)Nc1ccc(C(=O)N2CCC(n3nccn3)CC2)cc1. The predicted octanol–water partition coefficient (Wildman–Crippen LogP) is 1.71. The maximum Gasteiger partial charge on any atom is 0.253 e. The van der Waals surface area contributed by atoms with E-state index in [1.807, 2.05) is 4.90 Å². The van der Waals surface area contributed by atoms with Crippen molar-refractivity contribution in [3.63, 3.8) is 0 Å². The van der Waals surface area contributed by atoms with Gasteiger partial charge in [-0.3, -0.25) is 9.59 Å². The van der Waals surface area contributed by atoms with Crippen LogP contribution in [0.3, 0.4) is 0 Å². The van der Waals surface area contributed by atoms with Crippen molar-refractivity contribution in [2.24, 2.45) is 0 Å². The molecule has 1 aromatic heterocycles. The molecule has 7 nitrogen and oxygen atoms in total. The number of amides is 2. The molecule has 7 heteroatoms. The van der Waals surface area contributed by atoms with Crippen molar-refractivity contribution < 1.29 is 9.59 Å². The molecule has 1 aliphatic rings. The van der Waals surface area contributed by atoms with Crippen LogP contribution in [0.1, 0.15) is 36.2 Å². The highest BCUT2D eigenvalue weighted by atomic mass is 16.2. The van der Waals surface area contributed by atoms with Gasteiger partial charge in [-0.2, -0.15) is 15.0 Å². The molecule has 120 valence electrons. The molecule has 2 amide bonds. The lowest BCUT2D eigenvalue weighted by molar-refractivity contribution is -0.114. The lowest BCUT2D eigenvalue weighted by Crippen LogP contribution is -2.39. The molecule has 0 aliphatic carbocycles. The summed E-state index contributed by atoms with van der Waals surface area (Å²) in [5.41, 5.74) is 1.33. The Morgan fingerprint density at radius 2 is 1.70 bits per heavy atom. The minimum absolute atomic E-state index is 0.0197. The maximum atomic E-state index is 12.5. The summed E-state index contributed by atoms with van der Waals surface area (Å²) in [7, 11) is 0. The molecule has 1 aliphatic heterocycles. The molecule has 2 aromatic rings. The molecule has 0 spiro atoms. The van der Waals surface area contributed by atoms with Gasteiger partial charge in [0, 0.05) is 31.3 Å². The third-order valence-corrected chi connectivity index (χ3v) is 3.97. The second-order valence-electron chi connectivity index (χ2n) is 5.63. The van der Waals surface area contributed by atoms with Gasteiger partial charge in [-0.05, 0) is 37.1 Å². The van der Waals surface area contributed by atoms with Crippen molar-refractivity contribution in [1.29, 1.82) is 0 Å². The Kier molecular flexibility index (Phi) is 4.36. The molecule has 0 bridgehead atoms. The smallest absolute Gasteiger partial charge is 0.253 e. The topological polar surface area (TPSA) is 80.1 Å². The number of hydrogen-bond acceptors (Lipinski definition) is 4. The Balaban J connectivity index is 1.59. The Hall–Kier alpha value is -2.70. The monoisotopic (exact) mass is 313 g/mol. The molecule has 1 saturated heterocycles. The fourth-order valence-electron chi connectivity index (χ4n) is 2.80. The minimum Gasteiger partial charge on any atom is -0.338 e. The van der Waals surface area contributed by atoms with E-state index in [2.05, 4.69) is 15.5 Å². The highest BCUT2D eigenvalue weighted by Gasteiger charge is 2.25. The van der Waals surface area contributed by atoms with Gasteiger partial charge in [0.1, 0.15) is 0 Å². The Labute approximate surface area is 134 Å². The Bertz CT molecular complexity index is 673. The number of anilines is 1. The van der Waals surface area contributed by atoms with Gasteiger partial charge in [0.2, 0.25) is 5.91 Å². The third kappa shape index (κ3) is 3.56. The van der Waals surface area contributed by atoms with Crippen molar-refractivity contribution in [2.75, 3.05) is 18.4 Å². The number of carbonyl (C=O) groups excluding carboxylic acids is 2. The lowest BCUT2D eigenvalue weighted by atomic mass is 10.0. The zero-order valence-corrected chi connectivity index (χ0v) is 13.0. The first-order valence-electron chi connectivity index (χ1n) is 7.66. The van der Waals surface area contributed by atoms with Gasteiger partial charge >= 0.3 is 0 Å². The summed E-state index contributed by atoms with van der Waals surface area (Å²) in [6, 6.07) is 7.24. The van der Waals surface area contributed by atoms with E-state index >= 15 is 0 Å². The number of carbonyl (C=O) groups is 2. The van der Waals surface area contributed by atoms with Gasteiger partial charge in [0.15, 0.2) is 0 Å². The second-order valence-corrected chi connectivity index (χ2v) is 5.63. The summed E-state index contributed by atoms with van der Waals surface area (Å²) in [4.78, 5) is 27.1.